The first-order valence-corrected chi connectivity index (χ1v) is 7.51. The van der Waals surface area contributed by atoms with Gasteiger partial charge >= 0.3 is 0 Å². The van der Waals surface area contributed by atoms with Crippen molar-refractivity contribution in [1.29, 1.82) is 0 Å². The predicted molar refractivity (Wildman–Crippen MR) is 80.7 cm³/mol. The molecule has 2 aliphatic heterocycles. The Kier molecular flexibility index (Phi) is 3.06. The lowest BCUT2D eigenvalue weighted by Gasteiger charge is -2.34. The molecule has 1 unspecified atom stereocenters. The molecule has 0 spiro atoms. The van der Waals surface area contributed by atoms with Gasteiger partial charge in [-0.05, 0) is 38.5 Å². The van der Waals surface area contributed by atoms with Gasteiger partial charge in [0.1, 0.15) is 5.75 Å². The molecule has 2 heterocycles. The maximum atomic E-state index is 12.8. The fraction of sp³-hybridized carbons (Fsp3) is 0.588. The number of carbonyl (C=O) groups is 1. The number of benzene rings is 1. The molecule has 1 N–H and O–H groups in total. The van der Waals surface area contributed by atoms with Gasteiger partial charge in [-0.15, -0.1) is 0 Å². The number of carbonyl (C=O) groups excluding carboxylic acids is 1. The average molecular weight is 289 g/mol. The number of hydrogen-bond donors (Lipinski definition) is 1. The van der Waals surface area contributed by atoms with Gasteiger partial charge in [-0.1, -0.05) is 13.8 Å². The molecule has 4 nitrogen and oxygen atoms in total. The van der Waals surface area contributed by atoms with Crippen LogP contribution in [-0.2, 0) is 5.41 Å². The number of ether oxygens (including phenoxy) is 1. The molecule has 1 aromatic carbocycles. The van der Waals surface area contributed by atoms with Gasteiger partial charge in [-0.25, -0.2) is 0 Å². The van der Waals surface area contributed by atoms with Crippen molar-refractivity contribution in [2.45, 2.75) is 51.2 Å². The van der Waals surface area contributed by atoms with E-state index in [9.17, 15) is 9.90 Å². The molecule has 1 aromatic rings. The van der Waals surface area contributed by atoms with E-state index in [0.29, 0.717) is 25.1 Å². The summed E-state index contributed by atoms with van der Waals surface area (Å²) < 4.78 is 5.67. The highest BCUT2D eigenvalue weighted by atomic mass is 16.5. The highest BCUT2D eigenvalue weighted by Crippen LogP contribution is 2.39. The van der Waals surface area contributed by atoms with Crippen molar-refractivity contribution in [2.75, 3.05) is 13.2 Å². The minimum absolute atomic E-state index is 0.0120. The summed E-state index contributed by atoms with van der Waals surface area (Å²) in [7, 11) is 0. The highest BCUT2D eigenvalue weighted by Gasteiger charge is 2.43. The Bertz CT molecular complexity index is 592. The first-order valence-electron chi connectivity index (χ1n) is 7.51. The van der Waals surface area contributed by atoms with Crippen LogP contribution in [-0.4, -0.2) is 40.7 Å². The molecule has 1 saturated heterocycles. The van der Waals surface area contributed by atoms with Gasteiger partial charge in [-0.2, -0.15) is 0 Å². The Hall–Kier alpha value is -1.55. The van der Waals surface area contributed by atoms with E-state index >= 15 is 0 Å². The second-order valence-electron chi connectivity index (χ2n) is 7.30. The number of rotatable bonds is 1. The third-order valence-corrected chi connectivity index (χ3v) is 4.93. The van der Waals surface area contributed by atoms with Crippen LogP contribution in [0.5, 0.6) is 5.75 Å². The van der Waals surface area contributed by atoms with Crippen molar-refractivity contribution in [3.63, 3.8) is 0 Å². The van der Waals surface area contributed by atoms with Crippen LogP contribution in [0, 0.1) is 0 Å². The number of nitrogens with zero attached hydrogens (tertiary/aromatic N) is 1. The van der Waals surface area contributed by atoms with Crippen LogP contribution in [0.2, 0.25) is 0 Å². The lowest BCUT2D eigenvalue weighted by molar-refractivity contribution is 0.0394. The largest absolute Gasteiger partial charge is 0.492 e. The van der Waals surface area contributed by atoms with Crippen LogP contribution in [0.3, 0.4) is 0 Å². The molecule has 4 heteroatoms. The molecule has 3 rings (SSSR count). The predicted octanol–water partition coefficient (Wildman–Crippen LogP) is 2.34. The van der Waals surface area contributed by atoms with E-state index in [0.717, 1.165) is 11.3 Å². The van der Waals surface area contributed by atoms with Crippen LogP contribution in [0.15, 0.2) is 18.2 Å². The first kappa shape index (κ1) is 14.4. The van der Waals surface area contributed by atoms with E-state index in [2.05, 4.69) is 13.8 Å². The van der Waals surface area contributed by atoms with Crippen molar-refractivity contribution in [3.8, 4) is 5.75 Å². The van der Waals surface area contributed by atoms with E-state index in [1.54, 1.807) is 4.90 Å². The van der Waals surface area contributed by atoms with Crippen LogP contribution in [0.25, 0.3) is 0 Å². The monoisotopic (exact) mass is 289 g/mol. The molecule has 0 bridgehead atoms. The van der Waals surface area contributed by atoms with Crippen LogP contribution in [0.1, 0.15) is 50.0 Å². The van der Waals surface area contributed by atoms with Gasteiger partial charge in [0.25, 0.3) is 5.91 Å². The van der Waals surface area contributed by atoms with E-state index < -0.39 is 11.6 Å². The zero-order valence-corrected chi connectivity index (χ0v) is 13.1. The van der Waals surface area contributed by atoms with Gasteiger partial charge < -0.3 is 14.7 Å². The molecule has 0 aromatic heterocycles. The van der Waals surface area contributed by atoms with E-state index in [4.69, 9.17) is 4.74 Å². The van der Waals surface area contributed by atoms with Gasteiger partial charge in [0, 0.05) is 23.1 Å². The van der Waals surface area contributed by atoms with Crippen LogP contribution < -0.4 is 4.74 Å². The molecule has 0 aliphatic carbocycles. The molecule has 1 amide bonds. The molecule has 114 valence electrons. The van der Waals surface area contributed by atoms with E-state index in [1.807, 2.05) is 32.0 Å². The maximum absolute atomic E-state index is 12.8. The second kappa shape index (κ2) is 4.47. The highest BCUT2D eigenvalue weighted by molar-refractivity contribution is 5.95. The van der Waals surface area contributed by atoms with Crippen LogP contribution >= 0.6 is 0 Å². The summed E-state index contributed by atoms with van der Waals surface area (Å²) >= 11 is 0. The van der Waals surface area contributed by atoms with Crippen molar-refractivity contribution in [1.82, 2.24) is 4.90 Å². The molecule has 2 aliphatic rings. The number of hydrogen-bond acceptors (Lipinski definition) is 3. The first-order chi connectivity index (χ1) is 9.73. The second-order valence-corrected chi connectivity index (χ2v) is 7.30. The zero-order chi connectivity index (χ0) is 15.4. The Balaban J connectivity index is 1.94. The van der Waals surface area contributed by atoms with Crippen molar-refractivity contribution in [2.24, 2.45) is 0 Å². The minimum Gasteiger partial charge on any atom is -0.492 e. The third-order valence-electron chi connectivity index (χ3n) is 4.93. The lowest BCUT2D eigenvalue weighted by Crippen LogP contribution is -2.48. The standard InChI is InChI=1S/C17H23NO3/c1-16(2)10-21-13-6-5-11(9-12(13)16)15(20)18-8-7-14(19)17(18,3)4/h5-6,9,14,19H,7-8,10H2,1-4H3. The smallest absolute Gasteiger partial charge is 0.254 e. The normalized spacial score (nSPS) is 25.6. The number of fused-ring (bicyclic) bond motifs is 1. The van der Waals surface area contributed by atoms with Gasteiger partial charge in [0.2, 0.25) is 0 Å². The third kappa shape index (κ3) is 2.13. The summed E-state index contributed by atoms with van der Waals surface area (Å²) in [5, 5.41) is 10.0. The van der Waals surface area contributed by atoms with E-state index in [-0.39, 0.29) is 11.3 Å². The van der Waals surface area contributed by atoms with Gasteiger partial charge in [0.15, 0.2) is 0 Å². The molecule has 21 heavy (non-hydrogen) atoms. The minimum atomic E-state index is -0.512. The summed E-state index contributed by atoms with van der Waals surface area (Å²) in [6, 6.07) is 5.66. The summed E-state index contributed by atoms with van der Waals surface area (Å²) in [6.07, 6.45) is 0.175. The Labute approximate surface area is 125 Å². The topological polar surface area (TPSA) is 49.8 Å². The Morgan fingerprint density at radius 1 is 1.33 bits per heavy atom. The van der Waals surface area contributed by atoms with Crippen molar-refractivity contribution in [3.05, 3.63) is 29.3 Å². The summed E-state index contributed by atoms with van der Waals surface area (Å²) in [5.41, 5.74) is 1.19. The van der Waals surface area contributed by atoms with Crippen LogP contribution in [0.4, 0.5) is 0 Å². The number of likely N-dealkylation sites (tertiary alicyclic amines) is 1. The molecule has 0 radical (unpaired) electrons. The van der Waals surface area contributed by atoms with Crippen molar-refractivity contribution >= 4 is 5.91 Å². The Morgan fingerprint density at radius 3 is 2.67 bits per heavy atom. The summed E-state index contributed by atoms with van der Waals surface area (Å²) in [5.74, 6) is 0.860. The molecule has 1 fully saturated rings. The lowest BCUT2D eigenvalue weighted by atomic mass is 9.86. The quantitative estimate of drug-likeness (QED) is 0.863. The average Bonchev–Trinajstić information content (AvgIpc) is 2.87. The molecule has 0 saturated carbocycles. The molecular weight excluding hydrogens is 266 g/mol. The molecule has 1 atom stereocenters. The van der Waals surface area contributed by atoms with Gasteiger partial charge in [-0.3, -0.25) is 4.79 Å². The summed E-state index contributed by atoms with van der Waals surface area (Å²) in [4.78, 5) is 14.6. The Morgan fingerprint density at radius 2 is 2.05 bits per heavy atom. The zero-order valence-electron chi connectivity index (χ0n) is 13.1. The van der Waals surface area contributed by atoms with Crippen molar-refractivity contribution < 1.29 is 14.6 Å². The maximum Gasteiger partial charge on any atom is 0.254 e. The number of amides is 1. The number of aliphatic hydroxyl groups excluding tert-OH is 1. The fourth-order valence-corrected chi connectivity index (χ4v) is 3.25. The number of aliphatic hydroxyl groups is 1. The molecular formula is C17H23NO3. The van der Waals surface area contributed by atoms with Gasteiger partial charge in [0.05, 0.1) is 18.2 Å². The summed E-state index contributed by atoms with van der Waals surface area (Å²) in [6.45, 7) is 9.33. The van der Waals surface area contributed by atoms with E-state index in [1.165, 1.54) is 0 Å². The SMILES string of the molecule is CC1(C)COc2ccc(C(=O)N3CCC(O)C3(C)C)cc21. The fourth-order valence-electron chi connectivity index (χ4n) is 3.25.